The molecule has 0 aliphatic carbocycles. The highest BCUT2D eigenvalue weighted by molar-refractivity contribution is 4.79. The van der Waals surface area contributed by atoms with E-state index in [2.05, 4.69) is 0 Å². The topological polar surface area (TPSA) is 20.2 Å². The molecular weight excluding hydrogens is 88.1 g/mol. The third-order valence-corrected chi connectivity index (χ3v) is 0.599. The lowest BCUT2D eigenvalue weighted by Crippen LogP contribution is -1.73. The average molecular weight is 102 g/mol. The van der Waals surface area contributed by atoms with E-state index in [4.69, 9.17) is 7.85 Å². The molecule has 0 amide bonds. The van der Waals surface area contributed by atoms with Crippen molar-refractivity contribution in [3.05, 3.63) is 12.2 Å². The van der Waals surface area contributed by atoms with Gasteiger partial charge in [-0.05, 0) is 12.8 Å². The number of hydrogen-bond acceptors (Lipinski definition) is 1. The summed E-state index contributed by atoms with van der Waals surface area (Å²) in [5.74, 6) is 0. The van der Waals surface area contributed by atoms with Crippen LogP contribution in [0.15, 0.2) is 12.2 Å². The average Bonchev–Trinajstić information content (AvgIpc) is 1.80. The second-order valence-corrected chi connectivity index (χ2v) is 1.22. The first-order valence-electron chi connectivity index (χ1n) is 3.53. The van der Waals surface area contributed by atoms with Crippen LogP contribution < -0.4 is 0 Å². The van der Waals surface area contributed by atoms with Crippen LogP contribution in [-0.4, -0.2) is 11.7 Å². The number of aliphatic hydroxyl groups excluding tert-OH is 1. The normalized spacial score (nSPS) is 15.1. The van der Waals surface area contributed by atoms with E-state index in [0.717, 1.165) is 0 Å². The minimum absolute atomic E-state index is 0.150. The predicted octanol–water partition coefficient (Wildman–Crippen LogP) is 1.33. The fraction of sp³-hybridized carbons (Fsp3) is 0.667. The van der Waals surface area contributed by atoms with Crippen LogP contribution in [0.3, 0.4) is 0 Å². The van der Waals surface area contributed by atoms with Gasteiger partial charge in [-0.15, -0.1) is 0 Å². The zero-order chi connectivity index (χ0) is 7.11. The minimum atomic E-state index is -0.764. The van der Waals surface area contributed by atoms with Gasteiger partial charge in [0.15, 0.2) is 0 Å². The van der Waals surface area contributed by atoms with Crippen LogP contribution in [0.4, 0.5) is 0 Å². The van der Waals surface area contributed by atoms with Crippen molar-refractivity contribution in [2.24, 2.45) is 0 Å². The number of aliphatic hydroxyl groups is 1. The summed E-state index contributed by atoms with van der Waals surface area (Å²) in [6.45, 7) is -0.614. The van der Waals surface area contributed by atoms with Gasteiger partial charge in [-0.1, -0.05) is 19.0 Å². The van der Waals surface area contributed by atoms with Gasteiger partial charge in [-0.25, -0.2) is 0 Å². The molecule has 0 aromatic carbocycles. The molecule has 0 aromatic heterocycles. The van der Waals surface area contributed by atoms with E-state index in [1.165, 1.54) is 0 Å². The van der Waals surface area contributed by atoms with Crippen molar-refractivity contribution in [1.82, 2.24) is 0 Å². The van der Waals surface area contributed by atoms with E-state index in [1.807, 2.05) is 0 Å². The van der Waals surface area contributed by atoms with E-state index in [-0.39, 0.29) is 6.61 Å². The van der Waals surface area contributed by atoms with E-state index in [1.54, 1.807) is 12.2 Å². The molecule has 0 radical (unpaired) electrons. The molecule has 0 aliphatic rings. The molecule has 0 unspecified atom stereocenters. The van der Waals surface area contributed by atoms with E-state index >= 15 is 0 Å². The Kier molecular flexibility index (Phi) is 2.99. The highest BCUT2D eigenvalue weighted by atomic mass is 16.2. The SMILES string of the molecule is [2H]C([2H])C/C=C\CCO. The Morgan fingerprint density at radius 1 is 1.71 bits per heavy atom. The maximum atomic E-state index is 8.29. The molecule has 42 valence electrons. The quantitative estimate of drug-likeness (QED) is 0.533. The lowest BCUT2D eigenvalue weighted by Gasteiger charge is -1.79. The fourth-order valence-corrected chi connectivity index (χ4v) is 0.289. The van der Waals surface area contributed by atoms with Crippen molar-refractivity contribution in [3.63, 3.8) is 0 Å². The van der Waals surface area contributed by atoms with Gasteiger partial charge in [0.2, 0.25) is 0 Å². The molecule has 0 heterocycles. The first-order chi connectivity index (χ1) is 4.27. The third kappa shape index (κ3) is 5.70. The van der Waals surface area contributed by atoms with Crippen LogP contribution >= 0.6 is 0 Å². The Morgan fingerprint density at radius 2 is 2.57 bits per heavy atom. The molecule has 0 spiro atoms. The van der Waals surface area contributed by atoms with Gasteiger partial charge in [0, 0.05) is 9.35 Å². The molecule has 1 heteroatoms. The van der Waals surface area contributed by atoms with Crippen LogP contribution in [0.5, 0.6) is 0 Å². The lowest BCUT2D eigenvalue weighted by atomic mass is 10.3. The summed E-state index contributed by atoms with van der Waals surface area (Å²) in [5.41, 5.74) is 0. The zero-order valence-electron chi connectivity index (χ0n) is 6.30. The number of hydrogen-bond donors (Lipinski definition) is 1. The Hall–Kier alpha value is -0.300. The van der Waals surface area contributed by atoms with Gasteiger partial charge in [0.25, 0.3) is 0 Å². The number of rotatable bonds is 3. The van der Waals surface area contributed by atoms with E-state index in [9.17, 15) is 0 Å². The second-order valence-electron chi connectivity index (χ2n) is 1.22. The van der Waals surface area contributed by atoms with Crippen molar-refractivity contribution in [1.29, 1.82) is 0 Å². The third-order valence-electron chi connectivity index (χ3n) is 0.599. The summed E-state index contributed by atoms with van der Waals surface area (Å²) in [7, 11) is 0. The van der Waals surface area contributed by atoms with Gasteiger partial charge in [0.1, 0.15) is 0 Å². The smallest absolute Gasteiger partial charge is 0.0465 e. The van der Waals surface area contributed by atoms with Gasteiger partial charge in [0.05, 0.1) is 0 Å². The highest BCUT2D eigenvalue weighted by Gasteiger charge is 1.68. The summed E-state index contributed by atoms with van der Waals surface area (Å²) >= 11 is 0. The summed E-state index contributed by atoms with van der Waals surface area (Å²) < 4.78 is 13.5. The van der Waals surface area contributed by atoms with Crippen molar-refractivity contribution in [3.8, 4) is 0 Å². The molecule has 0 saturated heterocycles. The fourth-order valence-electron chi connectivity index (χ4n) is 0.289. The van der Waals surface area contributed by atoms with Gasteiger partial charge in [-0.2, -0.15) is 0 Å². The Labute approximate surface area is 47.5 Å². The van der Waals surface area contributed by atoms with Crippen molar-refractivity contribution in [2.75, 3.05) is 6.61 Å². The standard InChI is InChI=1S/C6H12O/c1-2-3-4-5-6-7/h3-4,7H,2,5-6H2,1H3/b4-3-/i1D2. The molecular formula is C6H12O. The molecule has 0 rings (SSSR count). The van der Waals surface area contributed by atoms with Crippen molar-refractivity contribution in [2.45, 2.75) is 19.7 Å². The van der Waals surface area contributed by atoms with Crippen LogP contribution in [0.25, 0.3) is 0 Å². The summed E-state index contributed by atoms with van der Waals surface area (Å²) in [6.07, 6.45) is 4.63. The number of allylic oxidation sites excluding steroid dienone is 1. The highest BCUT2D eigenvalue weighted by Crippen LogP contribution is 1.82. The Bertz CT molecular complexity index is 81.1. The Balaban J connectivity index is 3.04. The molecule has 0 bridgehead atoms. The van der Waals surface area contributed by atoms with Crippen molar-refractivity contribution >= 4 is 0 Å². The molecule has 0 saturated carbocycles. The predicted molar refractivity (Wildman–Crippen MR) is 31.1 cm³/mol. The van der Waals surface area contributed by atoms with Crippen LogP contribution in [0.1, 0.15) is 22.5 Å². The zero-order valence-corrected chi connectivity index (χ0v) is 4.30. The van der Waals surface area contributed by atoms with Crippen LogP contribution in [0.2, 0.25) is 0 Å². The Morgan fingerprint density at radius 3 is 3.14 bits per heavy atom. The molecule has 0 aromatic rings. The molecule has 1 N–H and O–H groups in total. The monoisotopic (exact) mass is 102 g/mol. The molecule has 7 heavy (non-hydrogen) atoms. The van der Waals surface area contributed by atoms with Crippen LogP contribution in [0, 0.1) is 0 Å². The first kappa shape index (κ1) is 3.67. The summed E-state index contributed by atoms with van der Waals surface area (Å²) in [6, 6.07) is 0. The largest absolute Gasteiger partial charge is 0.396 e. The molecule has 0 atom stereocenters. The molecule has 0 aliphatic heterocycles. The van der Waals surface area contributed by atoms with Crippen molar-refractivity contribution < 1.29 is 7.85 Å². The van der Waals surface area contributed by atoms with Gasteiger partial charge >= 0.3 is 0 Å². The maximum Gasteiger partial charge on any atom is 0.0465 e. The molecule has 1 nitrogen and oxygen atoms in total. The lowest BCUT2D eigenvalue weighted by molar-refractivity contribution is 0.302. The van der Waals surface area contributed by atoms with E-state index in [0.29, 0.717) is 12.8 Å². The summed E-state index contributed by atoms with van der Waals surface area (Å²) in [4.78, 5) is 0. The second kappa shape index (κ2) is 5.70. The first-order valence-corrected chi connectivity index (χ1v) is 2.37. The van der Waals surface area contributed by atoms with Gasteiger partial charge < -0.3 is 5.11 Å². The van der Waals surface area contributed by atoms with Gasteiger partial charge in [-0.3, -0.25) is 0 Å². The minimum Gasteiger partial charge on any atom is -0.396 e. The summed E-state index contributed by atoms with van der Waals surface area (Å²) in [5, 5.41) is 8.29. The van der Waals surface area contributed by atoms with E-state index < -0.39 is 6.88 Å². The maximum absolute atomic E-state index is 8.29. The molecule has 0 fully saturated rings. The van der Waals surface area contributed by atoms with Crippen LogP contribution in [-0.2, 0) is 0 Å².